The van der Waals surface area contributed by atoms with Crippen molar-refractivity contribution in [2.45, 2.75) is 22.8 Å². The summed E-state index contributed by atoms with van der Waals surface area (Å²) in [6.07, 6.45) is -0.194. The molecule has 0 spiro atoms. The fourth-order valence-electron chi connectivity index (χ4n) is 2.98. The Hall–Kier alpha value is -1.57. The van der Waals surface area contributed by atoms with Crippen LogP contribution in [0.1, 0.15) is 6.92 Å². The number of ether oxygens (including phenoxy) is 1. The number of sulfonamides is 1. The molecule has 2 aliphatic rings. The largest absolute Gasteiger partial charge is 0.487 e. The van der Waals surface area contributed by atoms with Crippen molar-refractivity contribution in [3.05, 3.63) is 42.5 Å². The molecule has 0 radical (unpaired) electrons. The number of rotatable bonds is 2. The summed E-state index contributed by atoms with van der Waals surface area (Å²) in [7, 11) is -3.64. The first-order valence-corrected chi connectivity index (χ1v) is 10.3. The zero-order valence-electron chi connectivity index (χ0n) is 13.6. The van der Waals surface area contributed by atoms with E-state index < -0.39 is 10.0 Å². The van der Waals surface area contributed by atoms with Gasteiger partial charge in [0.15, 0.2) is 0 Å². The standard InChI is InChI=1S/C17H18N2O3S2.ClH/c1-12-11-19(15-4-2-3-5-16(15)22-12)24(20,21)13-6-7-17-14(10-13)18-8-9-23-17;/h2-7,10,12,18H,8-9,11H2,1H3;1H. The highest BCUT2D eigenvalue weighted by atomic mass is 35.5. The highest BCUT2D eigenvalue weighted by Gasteiger charge is 2.33. The molecule has 1 atom stereocenters. The molecule has 0 saturated heterocycles. The van der Waals surface area contributed by atoms with Crippen molar-refractivity contribution in [2.75, 3.05) is 28.5 Å². The molecule has 134 valence electrons. The highest BCUT2D eigenvalue weighted by molar-refractivity contribution is 7.99. The Kier molecular flexibility index (Phi) is 5.09. The Morgan fingerprint density at radius 2 is 2.04 bits per heavy atom. The minimum Gasteiger partial charge on any atom is -0.487 e. The predicted molar refractivity (Wildman–Crippen MR) is 104 cm³/mol. The van der Waals surface area contributed by atoms with E-state index in [0.29, 0.717) is 22.9 Å². The van der Waals surface area contributed by atoms with Gasteiger partial charge in [-0.2, -0.15) is 0 Å². The summed E-state index contributed by atoms with van der Waals surface area (Å²) >= 11 is 1.74. The second-order valence-electron chi connectivity index (χ2n) is 5.87. The lowest BCUT2D eigenvalue weighted by Crippen LogP contribution is -2.42. The average Bonchev–Trinajstić information content (AvgIpc) is 2.60. The van der Waals surface area contributed by atoms with Crippen LogP contribution in [0.4, 0.5) is 11.4 Å². The molecule has 2 aromatic rings. The number of anilines is 2. The first-order valence-electron chi connectivity index (χ1n) is 7.85. The molecule has 2 aromatic carbocycles. The van der Waals surface area contributed by atoms with E-state index in [1.165, 1.54) is 4.31 Å². The molecular formula is C17H19ClN2O3S2. The minimum absolute atomic E-state index is 0. The fraction of sp³-hybridized carbons (Fsp3) is 0.294. The van der Waals surface area contributed by atoms with Crippen molar-refractivity contribution in [3.8, 4) is 5.75 Å². The van der Waals surface area contributed by atoms with Crippen molar-refractivity contribution in [2.24, 2.45) is 0 Å². The van der Waals surface area contributed by atoms with E-state index in [9.17, 15) is 8.42 Å². The van der Waals surface area contributed by atoms with Crippen LogP contribution in [0.5, 0.6) is 5.75 Å². The van der Waals surface area contributed by atoms with E-state index in [2.05, 4.69) is 5.32 Å². The smallest absolute Gasteiger partial charge is 0.264 e. The van der Waals surface area contributed by atoms with E-state index in [1.54, 1.807) is 36.0 Å². The molecule has 0 fully saturated rings. The van der Waals surface area contributed by atoms with Crippen molar-refractivity contribution < 1.29 is 13.2 Å². The van der Waals surface area contributed by atoms with Gasteiger partial charge in [-0.3, -0.25) is 4.31 Å². The fourth-order valence-corrected chi connectivity index (χ4v) is 5.44. The maximum Gasteiger partial charge on any atom is 0.264 e. The van der Waals surface area contributed by atoms with Crippen LogP contribution in [0.3, 0.4) is 0 Å². The van der Waals surface area contributed by atoms with Gasteiger partial charge in [-0.1, -0.05) is 12.1 Å². The molecular weight excluding hydrogens is 380 g/mol. The molecule has 1 N–H and O–H groups in total. The van der Waals surface area contributed by atoms with Crippen LogP contribution in [0, 0.1) is 0 Å². The third-order valence-corrected chi connectivity index (χ3v) is 6.95. The van der Waals surface area contributed by atoms with Crippen molar-refractivity contribution in [1.29, 1.82) is 0 Å². The van der Waals surface area contributed by atoms with E-state index in [-0.39, 0.29) is 18.5 Å². The Labute approximate surface area is 158 Å². The lowest BCUT2D eigenvalue weighted by atomic mass is 10.2. The summed E-state index contributed by atoms with van der Waals surface area (Å²) in [5.41, 5.74) is 1.48. The van der Waals surface area contributed by atoms with Crippen LogP contribution >= 0.6 is 24.2 Å². The van der Waals surface area contributed by atoms with Crippen LogP contribution in [0.25, 0.3) is 0 Å². The molecule has 0 bridgehead atoms. The molecule has 4 rings (SSSR count). The maximum absolute atomic E-state index is 13.2. The Bertz CT molecular complexity index is 889. The zero-order valence-corrected chi connectivity index (χ0v) is 16.1. The molecule has 0 aliphatic carbocycles. The number of hydrogen-bond acceptors (Lipinski definition) is 5. The van der Waals surface area contributed by atoms with Gasteiger partial charge in [0.1, 0.15) is 11.9 Å². The molecule has 8 heteroatoms. The molecule has 2 heterocycles. The molecule has 0 saturated carbocycles. The lowest BCUT2D eigenvalue weighted by Gasteiger charge is -2.34. The Morgan fingerprint density at radius 3 is 2.88 bits per heavy atom. The average molecular weight is 399 g/mol. The van der Waals surface area contributed by atoms with Gasteiger partial charge in [0, 0.05) is 22.9 Å². The zero-order chi connectivity index (χ0) is 16.7. The lowest BCUT2D eigenvalue weighted by molar-refractivity contribution is 0.219. The predicted octanol–water partition coefficient (Wildman–Crippen LogP) is 3.60. The second kappa shape index (κ2) is 6.97. The van der Waals surface area contributed by atoms with Crippen LogP contribution in [0.15, 0.2) is 52.3 Å². The van der Waals surface area contributed by atoms with E-state index in [4.69, 9.17) is 4.74 Å². The number of para-hydroxylation sites is 2. The topological polar surface area (TPSA) is 58.6 Å². The molecule has 2 aliphatic heterocycles. The summed E-state index contributed by atoms with van der Waals surface area (Å²) in [4.78, 5) is 1.40. The number of benzene rings is 2. The molecule has 1 unspecified atom stereocenters. The van der Waals surface area contributed by atoms with E-state index in [1.807, 2.05) is 25.1 Å². The molecule has 5 nitrogen and oxygen atoms in total. The molecule has 25 heavy (non-hydrogen) atoms. The number of thioether (sulfide) groups is 1. The Balaban J connectivity index is 0.00000182. The number of nitrogens with one attached hydrogen (secondary N) is 1. The first-order chi connectivity index (χ1) is 11.6. The normalized spacial score (nSPS) is 18.9. The van der Waals surface area contributed by atoms with Gasteiger partial charge in [0.25, 0.3) is 10.0 Å². The molecule has 0 amide bonds. The van der Waals surface area contributed by atoms with E-state index in [0.717, 1.165) is 22.9 Å². The van der Waals surface area contributed by atoms with Crippen molar-refractivity contribution in [1.82, 2.24) is 0 Å². The number of fused-ring (bicyclic) bond motifs is 2. The van der Waals surface area contributed by atoms with Crippen LogP contribution in [-0.2, 0) is 10.0 Å². The number of hydrogen-bond donors (Lipinski definition) is 1. The van der Waals surface area contributed by atoms with Gasteiger partial charge >= 0.3 is 0 Å². The van der Waals surface area contributed by atoms with Gasteiger partial charge in [0.2, 0.25) is 0 Å². The first kappa shape index (κ1) is 18.2. The third-order valence-electron chi connectivity index (χ3n) is 4.10. The van der Waals surface area contributed by atoms with Crippen molar-refractivity contribution in [3.63, 3.8) is 0 Å². The van der Waals surface area contributed by atoms with E-state index >= 15 is 0 Å². The van der Waals surface area contributed by atoms with Gasteiger partial charge in [0.05, 0.1) is 17.1 Å². The van der Waals surface area contributed by atoms with Crippen LogP contribution in [0.2, 0.25) is 0 Å². The van der Waals surface area contributed by atoms with Gasteiger partial charge in [-0.25, -0.2) is 8.42 Å². The molecule has 0 aromatic heterocycles. The summed E-state index contributed by atoms with van der Waals surface area (Å²) in [5.74, 6) is 1.60. The van der Waals surface area contributed by atoms with Gasteiger partial charge in [-0.05, 0) is 37.3 Å². The second-order valence-corrected chi connectivity index (χ2v) is 8.86. The highest BCUT2D eigenvalue weighted by Crippen LogP contribution is 2.38. The van der Waals surface area contributed by atoms with Gasteiger partial charge < -0.3 is 10.1 Å². The number of nitrogens with zero attached hydrogens (tertiary/aromatic N) is 1. The maximum atomic E-state index is 13.2. The minimum atomic E-state index is -3.64. The Morgan fingerprint density at radius 1 is 1.24 bits per heavy atom. The third kappa shape index (κ3) is 3.28. The summed E-state index contributed by atoms with van der Waals surface area (Å²) in [6.45, 7) is 3.03. The summed E-state index contributed by atoms with van der Waals surface area (Å²) in [5, 5.41) is 3.28. The van der Waals surface area contributed by atoms with Crippen molar-refractivity contribution >= 4 is 45.6 Å². The SMILES string of the molecule is CC1CN(S(=O)(=O)c2ccc3c(c2)NCCS3)c2ccccc2O1.Cl. The number of halogens is 1. The quantitative estimate of drug-likeness (QED) is 0.837. The van der Waals surface area contributed by atoms with Crippen LogP contribution in [-0.4, -0.2) is 33.4 Å². The summed E-state index contributed by atoms with van der Waals surface area (Å²) in [6, 6.07) is 12.6. The van der Waals surface area contributed by atoms with Crippen LogP contribution < -0.4 is 14.4 Å². The summed E-state index contributed by atoms with van der Waals surface area (Å²) < 4.78 is 33.6. The monoisotopic (exact) mass is 398 g/mol. The van der Waals surface area contributed by atoms with Gasteiger partial charge in [-0.15, -0.1) is 24.2 Å².